The summed E-state index contributed by atoms with van der Waals surface area (Å²) in [7, 11) is -3.60. The van der Waals surface area contributed by atoms with Gasteiger partial charge in [0, 0.05) is 12.6 Å². The molecular weight excluding hydrogens is 333 g/mol. The van der Waals surface area contributed by atoms with Crippen LogP contribution in [0.15, 0.2) is 27.6 Å². The van der Waals surface area contributed by atoms with Crippen LogP contribution in [-0.4, -0.2) is 25.3 Å². The Morgan fingerprint density at radius 3 is 2.74 bits per heavy atom. The molecule has 0 saturated carbocycles. The van der Waals surface area contributed by atoms with Crippen molar-refractivity contribution in [3.8, 4) is 0 Å². The van der Waals surface area contributed by atoms with Gasteiger partial charge in [-0.15, -0.1) is 0 Å². The van der Waals surface area contributed by atoms with Crippen LogP contribution in [0.1, 0.15) is 32.6 Å². The summed E-state index contributed by atoms with van der Waals surface area (Å²) >= 11 is 3.03. The molecule has 0 N–H and O–H groups in total. The largest absolute Gasteiger partial charge is 0.243 e. The number of sulfonamides is 1. The van der Waals surface area contributed by atoms with Gasteiger partial charge >= 0.3 is 0 Å². The van der Waals surface area contributed by atoms with E-state index in [1.165, 1.54) is 16.4 Å². The van der Waals surface area contributed by atoms with E-state index in [1.54, 1.807) is 0 Å². The predicted molar refractivity (Wildman–Crippen MR) is 75.9 cm³/mol. The molecule has 0 amide bonds. The third kappa shape index (κ3) is 3.17. The van der Waals surface area contributed by atoms with Gasteiger partial charge in [-0.05, 0) is 53.9 Å². The lowest BCUT2D eigenvalue weighted by Crippen LogP contribution is -2.38. The quantitative estimate of drug-likeness (QED) is 0.818. The first kappa shape index (κ1) is 14.9. The van der Waals surface area contributed by atoms with E-state index < -0.39 is 15.8 Å². The van der Waals surface area contributed by atoms with E-state index in [2.05, 4.69) is 15.9 Å². The number of benzene rings is 1. The molecule has 1 heterocycles. The fourth-order valence-corrected chi connectivity index (χ4v) is 4.34. The fourth-order valence-electron chi connectivity index (χ4n) is 2.38. The van der Waals surface area contributed by atoms with Crippen LogP contribution in [-0.2, 0) is 10.0 Å². The van der Waals surface area contributed by atoms with Crippen LogP contribution in [0.25, 0.3) is 0 Å². The second-order valence-electron chi connectivity index (χ2n) is 4.89. The molecule has 0 aliphatic carbocycles. The standard InChI is InChI=1S/C13H17BrFNO2S/c1-10-5-3-2-4-8-16(10)19(17,18)11-6-7-12(14)13(15)9-11/h6-7,9-10H,2-5,8H2,1H3. The van der Waals surface area contributed by atoms with Gasteiger partial charge in [0.25, 0.3) is 0 Å². The second-order valence-corrected chi connectivity index (χ2v) is 7.63. The van der Waals surface area contributed by atoms with Gasteiger partial charge in [0.05, 0.1) is 9.37 Å². The van der Waals surface area contributed by atoms with Crippen LogP contribution in [0.2, 0.25) is 0 Å². The monoisotopic (exact) mass is 349 g/mol. The summed E-state index contributed by atoms with van der Waals surface area (Å²) in [6.07, 6.45) is 3.81. The number of halogens is 2. The molecule has 106 valence electrons. The van der Waals surface area contributed by atoms with Crippen molar-refractivity contribution in [1.29, 1.82) is 0 Å². The Labute approximate surface area is 122 Å². The van der Waals surface area contributed by atoms with Crippen LogP contribution in [0.5, 0.6) is 0 Å². The van der Waals surface area contributed by atoms with Gasteiger partial charge < -0.3 is 0 Å². The van der Waals surface area contributed by atoms with E-state index in [0.29, 0.717) is 6.54 Å². The Bertz CT molecular complexity index is 562. The van der Waals surface area contributed by atoms with Gasteiger partial charge in [-0.2, -0.15) is 4.31 Å². The Balaban J connectivity index is 2.37. The third-order valence-corrected chi connectivity index (χ3v) is 6.14. The first-order valence-corrected chi connectivity index (χ1v) is 8.63. The number of hydrogen-bond acceptors (Lipinski definition) is 2. The molecule has 1 fully saturated rings. The van der Waals surface area contributed by atoms with E-state index in [-0.39, 0.29) is 15.4 Å². The minimum absolute atomic E-state index is 0.0285. The first-order valence-electron chi connectivity index (χ1n) is 6.40. The molecule has 1 atom stereocenters. The maximum absolute atomic E-state index is 13.5. The number of hydrogen-bond donors (Lipinski definition) is 0. The molecule has 2 rings (SSSR count). The average molecular weight is 350 g/mol. The zero-order valence-corrected chi connectivity index (χ0v) is 13.2. The van der Waals surface area contributed by atoms with Crippen LogP contribution in [0.3, 0.4) is 0 Å². The zero-order chi connectivity index (χ0) is 14.0. The molecule has 1 aromatic carbocycles. The summed E-state index contributed by atoms with van der Waals surface area (Å²) in [6, 6.07) is 3.93. The SMILES string of the molecule is CC1CCCCCN1S(=O)(=O)c1ccc(Br)c(F)c1. The fraction of sp³-hybridized carbons (Fsp3) is 0.538. The highest BCUT2D eigenvalue weighted by molar-refractivity contribution is 9.10. The van der Waals surface area contributed by atoms with Crippen molar-refractivity contribution in [2.75, 3.05) is 6.54 Å². The van der Waals surface area contributed by atoms with Crippen molar-refractivity contribution >= 4 is 26.0 Å². The molecule has 0 radical (unpaired) electrons. The van der Waals surface area contributed by atoms with E-state index in [0.717, 1.165) is 31.7 Å². The molecule has 6 heteroatoms. The maximum Gasteiger partial charge on any atom is 0.243 e. The van der Waals surface area contributed by atoms with E-state index in [4.69, 9.17) is 0 Å². The molecule has 1 aliphatic heterocycles. The molecule has 19 heavy (non-hydrogen) atoms. The van der Waals surface area contributed by atoms with Crippen molar-refractivity contribution in [2.24, 2.45) is 0 Å². The van der Waals surface area contributed by atoms with Crippen LogP contribution in [0.4, 0.5) is 4.39 Å². The van der Waals surface area contributed by atoms with E-state index in [1.807, 2.05) is 6.92 Å². The Morgan fingerprint density at radius 1 is 1.32 bits per heavy atom. The average Bonchev–Trinajstić information content (AvgIpc) is 2.57. The summed E-state index contributed by atoms with van der Waals surface area (Å²) < 4.78 is 40.4. The molecule has 0 aromatic heterocycles. The normalized spacial score (nSPS) is 22.2. The van der Waals surface area contributed by atoms with Gasteiger partial charge in [0.15, 0.2) is 0 Å². The first-order chi connectivity index (χ1) is 8.93. The highest BCUT2D eigenvalue weighted by atomic mass is 79.9. The van der Waals surface area contributed by atoms with Gasteiger partial charge in [-0.1, -0.05) is 12.8 Å². The minimum Gasteiger partial charge on any atom is -0.207 e. The molecule has 0 spiro atoms. The second kappa shape index (κ2) is 5.89. The van der Waals surface area contributed by atoms with Crippen LogP contribution in [0, 0.1) is 5.82 Å². The van der Waals surface area contributed by atoms with Gasteiger partial charge in [0.1, 0.15) is 5.82 Å². The van der Waals surface area contributed by atoms with Gasteiger partial charge in [-0.25, -0.2) is 12.8 Å². The van der Waals surface area contributed by atoms with Crippen LogP contribution >= 0.6 is 15.9 Å². The van der Waals surface area contributed by atoms with Gasteiger partial charge in [0.2, 0.25) is 10.0 Å². The molecule has 0 bridgehead atoms. The van der Waals surface area contributed by atoms with Crippen molar-refractivity contribution < 1.29 is 12.8 Å². The Kier molecular flexibility index (Phi) is 4.63. The summed E-state index contributed by atoms with van der Waals surface area (Å²) in [5.74, 6) is -0.552. The van der Waals surface area contributed by atoms with Crippen molar-refractivity contribution in [2.45, 2.75) is 43.5 Å². The summed E-state index contributed by atoms with van der Waals surface area (Å²) in [5, 5.41) is 0. The van der Waals surface area contributed by atoms with Crippen molar-refractivity contribution in [1.82, 2.24) is 4.31 Å². The van der Waals surface area contributed by atoms with Crippen molar-refractivity contribution in [3.05, 3.63) is 28.5 Å². The smallest absolute Gasteiger partial charge is 0.207 e. The summed E-state index contributed by atoms with van der Waals surface area (Å²) in [4.78, 5) is 0.0296. The molecule has 1 unspecified atom stereocenters. The third-order valence-electron chi connectivity index (χ3n) is 3.49. The molecule has 1 aromatic rings. The minimum atomic E-state index is -3.60. The lowest BCUT2D eigenvalue weighted by molar-refractivity contribution is 0.342. The maximum atomic E-state index is 13.5. The lowest BCUT2D eigenvalue weighted by Gasteiger charge is -2.26. The van der Waals surface area contributed by atoms with E-state index in [9.17, 15) is 12.8 Å². The highest BCUT2D eigenvalue weighted by Crippen LogP contribution is 2.26. The topological polar surface area (TPSA) is 37.4 Å². The lowest BCUT2D eigenvalue weighted by atomic mass is 10.1. The molecule has 3 nitrogen and oxygen atoms in total. The number of nitrogens with zero attached hydrogens (tertiary/aromatic N) is 1. The molecule has 1 saturated heterocycles. The zero-order valence-electron chi connectivity index (χ0n) is 10.8. The summed E-state index contributed by atoms with van der Waals surface area (Å²) in [5.41, 5.74) is 0. The molecular formula is C13H17BrFNO2S. The highest BCUT2D eigenvalue weighted by Gasteiger charge is 2.30. The van der Waals surface area contributed by atoms with E-state index >= 15 is 0 Å². The predicted octanol–water partition coefficient (Wildman–Crippen LogP) is 3.54. The molecule has 1 aliphatic rings. The van der Waals surface area contributed by atoms with Crippen LogP contribution < -0.4 is 0 Å². The Hall–Kier alpha value is -0.460. The Morgan fingerprint density at radius 2 is 2.05 bits per heavy atom. The van der Waals surface area contributed by atoms with Gasteiger partial charge in [-0.3, -0.25) is 0 Å². The number of rotatable bonds is 2. The van der Waals surface area contributed by atoms with Crippen molar-refractivity contribution in [3.63, 3.8) is 0 Å². The summed E-state index contributed by atoms with van der Waals surface area (Å²) in [6.45, 7) is 2.43.